The Bertz CT molecular complexity index is 661. The number of carbonyl (C=O) groups is 1. The summed E-state index contributed by atoms with van der Waals surface area (Å²) >= 11 is 5.96. The maximum atomic E-state index is 12.4. The number of aliphatic hydroxyl groups is 1. The van der Waals surface area contributed by atoms with Crippen LogP contribution < -0.4 is 10.1 Å². The van der Waals surface area contributed by atoms with E-state index in [1.54, 1.807) is 18.2 Å². The van der Waals surface area contributed by atoms with Crippen molar-refractivity contribution in [2.45, 2.75) is 18.8 Å². The first-order valence-corrected chi connectivity index (χ1v) is 8.31. The maximum Gasteiger partial charge on any atom is 0.255 e. The van der Waals surface area contributed by atoms with Gasteiger partial charge in [-0.1, -0.05) is 41.9 Å². The van der Waals surface area contributed by atoms with Crippen LogP contribution in [-0.4, -0.2) is 31.3 Å². The zero-order chi connectivity index (χ0) is 17.4. The van der Waals surface area contributed by atoms with E-state index in [0.29, 0.717) is 29.3 Å². The summed E-state index contributed by atoms with van der Waals surface area (Å²) in [4.78, 5) is 12.4. The molecule has 0 aliphatic rings. The Morgan fingerprint density at radius 1 is 1.21 bits per heavy atom. The Morgan fingerprint density at radius 3 is 2.62 bits per heavy atom. The van der Waals surface area contributed by atoms with Gasteiger partial charge in [0.2, 0.25) is 0 Å². The van der Waals surface area contributed by atoms with Gasteiger partial charge in [0.05, 0.1) is 12.7 Å². The molecule has 0 spiro atoms. The molecule has 0 fully saturated rings. The van der Waals surface area contributed by atoms with Crippen LogP contribution in [0.2, 0.25) is 5.02 Å². The molecule has 0 saturated carbocycles. The van der Waals surface area contributed by atoms with Crippen molar-refractivity contribution in [1.82, 2.24) is 5.32 Å². The first kappa shape index (κ1) is 18.3. The minimum absolute atomic E-state index is 0.121. The summed E-state index contributed by atoms with van der Waals surface area (Å²) in [5.74, 6) is 0.481. The Kier molecular flexibility index (Phi) is 7.09. The standard InChI is InChI=1S/C19H22ClNO3/c1-24-18-8-7-16(20)13-17(18)19(23)21-11-9-15(10-12-22)14-5-3-2-4-6-14/h2-8,13,15,22H,9-12H2,1H3,(H,21,23). The molecule has 0 aliphatic heterocycles. The van der Waals surface area contributed by atoms with E-state index >= 15 is 0 Å². The van der Waals surface area contributed by atoms with Crippen LogP contribution in [0.25, 0.3) is 0 Å². The van der Waals surface area contributed by atoms with Crippen LogP contribution in [0.15, 0.2) is 48.5 Å². The van der Waals surface area contributed by atoms with Gasteiger partial charge in [0.25, 0.3) is 5.91 Å². The molecule has 0 saturated heterocycles. The number of hydrogen-bond donors (Lipinski definition) is 2. The summed E-state index contributed by atoms with van der Waals surface area (Å²) in [7, 11) is 1.52. The first-order valence-electron chi connectivity index (χ1n) is 7.93. The molecule has 0 heterocycles. The SMILES string of the molecule is COc1ccc(Cl)cc1C(=O)NCCC(CCO)c1ccccc1. The van der Waals surface area contributed by atoms with E-state index in [1.165, 1.54) is 12.7 Å². The van der Waals surface area contributed by atoms with Gasteiger partial charge in [-0.05, 0) is 42.5 Å². The summed E-state index contributed by atoms with van der Waals surface area (Å²) in [6, 6.07) is 15.0. The zero-order valence-electron chi connectivity index (χ0n) is 13.7. The Labute approximate surface area is 147 Å². The van der Waals surface area contributed by atoms with Crippen molar-refractivity contribution in [3.63, 3.8) is 0 Å². The second-order valence-corrected chi connectivity index (χ2v) is 5.95. The average Bonchev–Trinajstić information content (AvgIpc) is 2.61. The molecule has 4 nitrogen and oxygen atoms in total. The van der Waals surface area contributed by atoms with E-state index in [-0.39, 0.29) is 18.4 Å². The van der Waals surface area contributed by atoms with Gasteiger partial charge < -0.3 is 15.2 Å². The third-order valence-electron chi connectivity index (χ3n) is 3.93. The van der Waals surface area contributed by atoms with Crippen molar-refractivity contribution in [3.8, 4) is 5.75 Å². The lowest BCUT2D eigenvalue weighted by molar-refractivity contribution is 0.0949. The predicted octanol–water partition coefficient (Wildman–Crippen LogP) is 3.63. The van der Waals surface area contributed by atoms with Crippen molar-refractivity contribution < 1.29 is 14.6 Å². The van der Waals surface area contributed by atoms with E-state index in [4.69, 9.17) is 16.3 Å². The number of methoxy groups -OCH3 is 1. The third kappa shape index (κ3) is 4.98. The quantitative estimate of drug-likeness (QED) is 0.766. The Hall–Kier alpha value is -2.04. The number of benzene rings is 2. The molecule has 2 aromatic rings. The number of carbonyl (C=O) groups excluding carboxylic acids is 1. The number of rotatable bonds is 8. The topological polar surface area (TPSA) is 58.6 Å². The van der Waals surface area contributed by atoms with Gasteiger partial charge >= 0.3 is 0 Å². The minimum Gasteiger partial charge on any atom is -0.496 e. The Morgan fingerprint density at radius 2 is 1.96 bits per heavy atom. The third-order valence-corrected chi connectivity index (χ3v) is 4.17. The highest BCUT2D eigenvalue weighted by Crippen LogP contribution is 2.24. The van der Waals surface area contributed by atoms with Crippen molar-refractivity contribution >= 4 is 17.5 Å². The van der Waals surface area contributed by atoms with Gasteiger partial charge in [-0.3, -0.25) is 4.79 Å². The van der Waals surface area contributed by atoms with Gasteiger partial charge in [0.1, 0.15) is 5.75 Å². The van der Waals surface area contributed by atoms with E-state index in [0.717, 1.165) is 6.42 Å². The van der Waals surface area contributed by atoms with Crippen LogP contribution in [-0.2, 0) is 0 Å². The number of amides is 1. The van der Waals surface area contributed by atoms with Crippen LogP contribution >= 0.6 is 11.6 Å². The predicted molar refractivity (Wildman–Crippen MR) is 95.8 cm³/mol. The number of ether oxygens (including phenoxy) is 1. The van der Waals surface area contributed by atoms with Crippen molar-refractivity contribution in [3.05, 3.63) is 64.7 Å². The lowest BCUT2D eigenvalue weighted by atomic mass is 9.93. The molecule has 0 bridgehead atoms. The fourth-order valence-electron chi connectivity index (χ4n) is 2.67. The van der Waals surface area contributed by atoms with Gasteiger partial charge in [-0.2, -0.15) is 0 Å². The number of nitrogens with one attached hydrogen (secondary N) is 1. The summed E-state index contributed by atoms with van der Waals surface area (Å²) in [5, 5.41) is 12.7. The van der Waals surface area contributed by atoms with Gasteiger partial charge in [-0.25, -0.2) is 0 Å². The molecular weight excluding hydrogens is 326 g/mol. The second-order valence-electron chi connectivity index (χ2n) is 5.51. The van der Waals surface area contributed by atoms with Crippen LogP contribution in [0.5, 0.6) is 5.75 Å². The number of hydrogen-bond acceptors (Lipinski definition) is 3. The number of aliphatic hydroxyl groups excluding tert-OH is 1. The molecule has 128 valence electrons. The molecule has 1 unspecified atom stereocenters. The molecule has 2 N–H and O–H groups in total. The van der Waals surface area contributed by atoms with Gasteiger partial charge in [-0.15, -0.1) is 0 Å². The first-order chi connectivity index (χ1) is 11.7. The summed E-state index contributed by atoms with van der Waals surface area (Å²) < 4.78 is 5.20. The van der Waals surface area contributed by atoms with Crippen LogP contribution in [0.1, 0.15) is 34.7 Å². The zero-order valence-corrected chi connectivity index (χ0v) is 14.4. The highest BCUT2D eigenvalue weighted by molar-refractivity contribution is 6.31. The van der Waals surface area contributed by atoms with E-state index < -0.39 is 0 Å². The lowest BCUT2D eigenvalue weighted by Crippen LogP contribution is -2.26. The van der Waals surface area contributed by atoms with E-state index in [1.807, 2.05) is 30.3 Å². The summed E-state index contributed by atoms with van der Waals surface area (Å²) in [6.07, 6.45) is 1.42. The fraction of sp³-hybridized carbons (Fsp3) is 0.316. The van der Waals surface area contributed by atoms with Gasteiger partial charge in [0.15, 0.2) is 0 Å². The largest absolute Gasteiger partial charge is 0.496 e. The van der Waals surface area contributed by atoms with E-state index in [2.05, 4.69) is 5.32 Å². The molecule has 1 amide bonds. The minimum atomic E-state index is -0.217. The van der Waals surface area contributed by atoms with Crippen LogP contribution in [0, 0.1) is 0 Å². The van der Waals surface area contributed by atoms with Crippen molar-refractivity contribution in [1.29, 1.82) is 0 Å². The smallest absolute Gasteiger partial charge is 0.255 e. The highest BCUT2D eigenvalue weighted by Gasteiger charge is 2.15. The molecular formula is C19H22ClNO3. The average molecular weight is 348 g/mol. The van der Waals surface area contributed by atoms with Gasteiger partial charge in [0, 0.05) is 18.2 Å². The Balaban J connectivity index is 1.97. The monoisotopic (exact) mass is 347 g/mol. The highest BCUT2D eigenvalue weighted by atomic mass is 35.5. The molecule has 0 radical (unpaired) electrons. The normalized spacial score (nSPS) is 11.8. The molecule has 2 rings (SSSR count). The van der Waals surface area contributed by atoms with Crippen LogP contribution in [0.3, 0.4) is 0 Å². The van der Waals surface area contributed by atoms with E-state index in [9.17, 15) is 9.90 Å². The lowest BCUT2D eigenvalue weighted by Gasteiger charge is -2.17. The molecule has 24 heavy (non-hydrogen) atoms. The fourth-order valence-corrected chi connectivity index (χ4v) is 2.84. The molecule has 2 aromatic carbocycles. The number of halogens is 1. The summed E-state index contributed by atoms with van der Waals surface area (Å²) in [6.45, 7) is 0.629. The van der Waals surface area contributed by atoms with Crippen molar-refractivity contribution in [2.24, 2.45) is 0 Å². The van der Waals surface area contributed by atoms with Crippen molar-refractivity contribution in [2.75, 3.05) is 20.3 Å². The molecule has 1 atom stereocenters. The summed E-state index contributed by atoms with van der Waals surface area (Å²) in [5.41, 5.74) is 1.59. The molecule has 0 aromatic heterocycles. The maximum absolute atomic E-state index is 12.4. The van der Waals surface area contributed by atoms with Crippen LogP contribution in [0.4, 0.5) is 0 Å². The second kappa shape index (κ2) is 9.30. The molecule has 0 aliphatic carbocycles. The molecule has 5 heteroatoms.